The molecule has 0 aromatic rings. The van der Waals surface area contributed by atoms with E-state index >= 15 is 0 Å². The summed E-state index contributed by atoms with van der Waals surface area (Å²) in [5.74, 6) is 2.51. The summed E-state index contributed by atoms with van der Waals surface area (Å²) in [6.45, 7) is 2.34. The summed E-state index contributed by atoms with van der Waals surface area (Å²) >= 11 is 2.02. The van der Waals surface area contributed by atoms with Gasteiger partial charge in [0.1, 0.15) is 0 Å². The number of aliphatic imine (C=N–C) groups is 1. The molecule has 0 amide bonds. The quantitative estimate of drug-likeness (QED) is 0.397. The van der Waals surface area contributed by atoms with Gasteiger partial charge in [-0.1, -0.05) is 0 Å². The lowest BCUT2D eigenvalue weighted by Gasteiger charge is -2.23. The van der Waals surface area contributed by atoms with E-state index in [1.807, 2.05) is 25.1 Å². The van der Waals surface area contributed by atoms with E-state index in [1.54, 1.807) is 0 Å². The maximum absolute atomic E-state index is 3.95. The van der Waals surface area contributed by atoms with Gasteiger partial charge in [-0.05, 0) is 0 Å². The van der Waals surface area contributed by atoms with E-state index in [-0.39, 0.29) is 0 Å². The van der Waals surface area contributed by atoms with Crippen LogP contribution in [0.2, 0.25) is 0 Å². The van der Waals surface area contributed by atoms with Gasteiger partial charge < -0.3 is 4.90 Å². The zero-order chi connectivity index (χ0) is 6.53. The monoisotopic (exact) mass is 144 g/mol. The van der Waals surface area contributed by atoms with Crippen LogP contribution >= 0.6 is 11.8 Å². The first-order valence-corrected chi connectivity index (χ1v) is 4.33. The van der Waals surface area contributed by atoms with Gasteiger partial charge in [-0.15, -0.1) is 0 Å². The van der Waals surface area contributed by atoms with Crippen LogP contribution in [0.15, 0.2) is 4.99 Å². The minimum atomic E-state index is 1.17. The lowest BCUT2D eigenvalue weighted by atomic mass is 10.5. The van der Waals surface area contributed by atoms with Crippen molar-refractivity contribution in [3.8, 4) is 0 Å². The molecule has 0 spiro atoms. The first kappa shape index (κ1) is 6.93. The van der Waals surface area contributed by atoms with Crippen LogP contribution in [-0.2, 0) is 0 Å². The fourth-order valence-electron chi connectivity index (χ4n) is 0.856. The highest BCUT2D eigenvalue weighted by atomic mass is 32.2. The lowest BCUT2D eigenvalue weighted by molar-refractivity contribution is 0.476. The molecule has 1 saturated heterocycles. The summed E-state index contributed by atoms with van der Waals surface area (Å²) in [7, 11) is 1.82. The molecular weight excluding hydrogens is 132 g/mol. The second kappa shape index (κ2) is 3.77. The zero-order valence-electron chi connectivity index (χ0n) is 5.71. The van der Waals surface area contributed by atoms with Crippen molar-refractivity contribution < 1.29 is 0 Å². The first-order chi connectivity index (χ1) is 4.43. The Hall–Kier alpha value is -0.180. The first-order valence-electron chi connectivity index (χ1n) is 3.17. The maximum Gasteiger partial charge on any atom is 0.0846 e. The topological polar surface area (TPSA) is 15.6 Å². The van der Waals surface area contributed by atoms with Gasteiger partial charge in [-0.3, -0.25) is 4.99 Å². The largest absolute Gasteiger partial charge is 0.361 e. The molecule has 52 valence electrons. The molecule has 1 fully saturated rings. The van der Waals surface area contributed by atoms with Crippen molar-refractivity contribution in [2.75, 3.05) is 31.6 Å². The highest BCUT2D eigenvalue weighted by Crippen LogP contribution is 2.06. The van der Waals surface area contributed by atoms with Gasteiger partial charge in [0, 0.05) is 31.6 Å². The van der Waals surface area contributed by atoms with Crippen LogP contribution in [0.25, 0.3) is 0 Å². The molecule has 0 aromatic carbocycles. The fraction of sp³-hybridized carbons (Fsp3) is 0.833. The SMILES string of the molecule is C/N=C/N1CCSCC1. The van der Waals surface area contributed by atoms with Crippen LogP contribution in [-0.4, -0.2) is 42.9 Å². The summed E-state index contributed by atoms with van der Waals surface area (Å²) in [5, 5.41) is 0. The third kappa shape index (κ3) is 2.26. The number of thioether (sulfide) groups is 1. The third-order valence-electron chi connectivity index (χ3n) is 1.32. The number of hydrogen-bond donors (Lipinski definition) is 0. The molecule has 0 atom stereocenters. The molecule has 1 aliphatic rings. The molecule has 0 saturated carbocycles. The minimum Gasteiger partial charge on any atom is -0.361 e. The van der Waals surface area contributed by atoms with Gasteiger partial charge >= 0.3 is 0 Å². The standard InChI is InChI=1S/C6H12N2S/c1-7-6-8-2-4-9-5-3-8/h6H,2-5H2,1H3/b7-6+. The second-order valence-corrected chi connectivity index (χ2v) is 3.25. The predicted molar refractivity (Wildman–Crippen MR) is 43.3 cm³/mol. The van der Waals surface area contributed by atoms with E-state index in [0.717, 1.165) is 0 Å². The molecule has 9 heavy (non-hydrogen) atoms. The summed E-state index contributed by atoms with van der Waals surface area (Å²) in [6, 6.07) is 0. The van der Waals surface area contributed by atoms with E-state index in [1.165, 1.54) is 24.6 Å². The molecule has 2 nitrogen and oxygen atoms in total. The van der Waals surface area contributed by atoms with Crippen LogP contribution < -0.4 is 0 Å². The Kier molecular flexibility index (Phi) is 2.91. The van der Waals surface area contributed by atoms with Gasteiger partial charge in [0.15, 0.2) is 0 Å². The van der Waals surface area contributed by atoms with E-state index in [2.05, 4.69) is 9.89 Å². The second-order valence-electron chi connectivity index (χ2n) is 2.02. The van der Waals surface area contributed by atoms with Crippen molar-refractivity contribution in [1.82, 2.24) is 4.90 Å². The Balaban J connectivity index is 2.23. The average Bonchev–Trinajstić information content (AvgIpc) is 1.91. The maximum atomic E-state index is 3.95. The zero-order valence-corrected chi connectivity index (χ0v) is 6.52. The van der Waals surface area contributed by atoms with E-state index in [4.69, 9.17) is 0 Å². The normalized spacial score (nSPS) is 21.2. The smallest absolute Gasteiger partial charge is 0.0846 e. The Morgan fingerprint density at radius 1 is 1.44 bits per heavy atom. The number of nitrogens with zero attached hydrogens (tertiary/aromatic N) is 2. The van der Waals surface area contributed by atoms with E-state index in [0.29, 0.717) is 0 Å². The van der Waals surface area contributed by atoms with Gasteiger partial charge in [-0.2, -0.15) is 11.8 Å². The highest BCUT2D eigenvalue weighted by Gasteiger charge is 2.04. The molecule has 0 radical (unpaired) electrons. The van der Waals surface area contributed by atoms with Gasteiger partial charge in [0.2, 0.25) is 0 Å². The Bertz CT molecular complexity index is 97.2. The number of rotatable bonds is 1. The third-order valence-corrected chi connectivity index (χ3v) is 2.27. The Labute approximate surface area is 60.3 Å². The van der Waals surface area contributed by atoms with Gasteiger partial charge in [0.25, 0.3) is 0 Å². The van der Waals surface area contributed by atoms with Crippen LogP contribution in [0.5, 0.6) is 0 Å². The number of hydrogen-bond acceptors (Lipinski definition) is 2. The summed E-state index contributed by atoms with van der Waals surface area (Å²) in [4.78, 5) is 6.21. The van der Waals surface area contributed by atoms with Crippen LogP contribution in [0, 0.1) is 0 Å². The summed E-state index contributed by atoms with van der Waals surface area (Å²) in [6.07, 6.45) is 1.93. The summed E-state index contributed by atoms with van der Waals surface area (Å²) < 4.78 is 0. The summed E-state index contributed by atoms with van der Waals surface area (Å²) in [5.41, 5.74) is 0. The van der Waals surface area contributed by atoms with Gasteiger partial charge in [-0.25, -0.2) is 0 Å². The highest BCUT2D eigenvalue weighted by molar-refractivity contribution is 7.99. The van der Waals surface area contributed by atoms with Crippen molar-refractivity contribution >= 4 is 18.1 Å². The molecule has 0 N–H and O–H groups in total. The van der Waals surface area contributed by atoms with Crippen molar-refractivity contribution in [2.24, 2.45) is 4.99 Å². The van der Waals surface area contributed by atoms with Crippen LogP contribution in [0.1, 0.15) is 0 Å². The molecule has 1 heterocycles. The van der Waals surface area contributed by atoms with Gasteiger partial charge in [0.05, 0.1) is 6.34 Å². The molecule has 0 bridgehead atoms. The van der Waals surface area contributed by atoms with E-state index < -0.39 is 0 Å². The minimum absolute atomic E-state index is 1.17. The Morgan fingerprint density at radius 3 is 2.67 bits per heavy atom. The molecule has 0 unspecified atom stereocenters. The molecule has 3 heteroatoms. The van der Waals surface area contributed by atoms with E-state index in [9.17, 15) is 0 Å². The molecule has 1 aliphatic heterocycles. The van der Waals surface area contributed by atoms with Crippen molar-refractivity contribution in [1.29, 1.82) is 0 Å². The Morgan fingerprint density at radius 2 is 2.11 bits per heavy atom. The molecule has 1 rings (SSSR count). The van der Waals surface area contributed by atoms with Crippen molar-refractivity contribution in [3.05, 3.63) is 0 Å². The molecule has 0 aliphatic carbocycles. The molecular formula is C6H12N2S. The van der Waals surface area contributed by atoms with Crippen LogP contribution in [0.3, 0.4) is 0 Å². The molecule has 0 aromatic heterocycles. The predicted octanol–water partition coefficient (Wildman–Crippen LogP) is 0.693. The van der Waals surface area contributed by atoms with Crippen molar-refractivity contribution in [3.63, 3.8) is 0 Å². The van der Waals surface area contributed by atoms with Crippen LogP contribution in [0.4, 0.5) is 0 Å². The fourth-order valence-corrected chi connectivity index (χ4v) is 1.79. The van der Waals surface area contributed by atoms with Crippen molar-refractivity contribution in [2.45, 2.75) is 0 Å². The lowest BCUT2D eigenvalue weighted by Crippen LogP contribution is -2.31. The average molecular weight is 144 g/mol.